The summed E-state index contributed by atoms with van der Waals surface area (Å²) in [6.45, 7) is 0.257. The maximum atomic E-state index is 13.6. The Morgan fingerprint density at radius 1 is 1.45 bits per heavy atom. The summed E-state index contributed by atoms with van der Waals surface area (Å²) in [4.78, 5) is 11.3. The number of halogens is 2. The van der Waals surface area contributed by atoms with E-state index in [0.29, 0.717) is 18.2 Å². The second-order valence-electron chi connectivity index (χ2n) is 3.97. The zero-order valence-corrected chi connectivity index (χ0v) is 12.9. The Kier molecular flexibility index (Phi) is 6.09. The van der Waals surface area contributed by atoms with E-state index in [4.69, 9.17) is 10.7 Å². The van der Waals surface area contributed by atoms with Gasteiger partial charge >= 0.3 is 0 Å². The van der Waals surface area contributed by atoms with Gasteiger partial charge in [0.15, 0.2) is 0 Å². The molecule has 1 aromatic carbocycles. The van der Waals surface area contributed by atoms with E-state index in [1.165, 1.54) is 0 Å². The van der Waals surface area contributed by atoms with Gasteiger partial charge in [-0.05, 0) is 24.6 Å². The minimum atomic E-state index is -4.03. The first-order valence-corrected chi connectivity index (χ1v) is 9.58. The van der Waals surface area contributed by atoms with Crippen LogP contribution in [0.4, 0.5) is 4.39 Å². The van der Waals surface area contributed by atoms with E-state index >= 15 is 0 Å². The zero-order chi connectivity index (χ0) is 15.3. The normalized spacial score (nSPS) is 12.9. The van der Waals surface area contributed by atoms with Gasteiger partial charge in [-0.2, -0.15) is 0 Å². The number of rotatable bonds is 6. The van der Waals surface area contributed by atoms with E-state index in [-0.39, 0.29) is 12.1 Å². The van der Waals surface area contributed by atoms with Gasteiger partial charge in [0.1, 0.15) is 5.82 Å². The fourth-order valence-electron chi connectivity index (χ4n) is 1.40. The molecule has 9 heteroatoms. The van der Waals surface area contributed by atoms with Crippen molar-refractivity contribution in [2.75, 3.05) is 18.6 Å². The fraction of sp³-hybridized carbons (Fsp3) is 0.364. The summed E-state index contributed by atoms with van der Waals surface area (Å²) in [6, 6.07) is 2.80. The van der Waals surface area contributed by atoms with Crippen LogP contribution in [0.25, 0.3) is 0 Å². The van der Waals surface area contributed by atoms with Crippen LogP contribution < -0.4 is 5.32 Å². The lowest BCUT2D eigenvalue weighted by atomic mass is 10.2. The number of benzene rings is 1. The molecule has 0 saturated carbocycles. The summed E-state index contributed by atoms with van der Waals surface area (Å²) in [5, 5.41) is 2.46. The maximum absolute atomic E-state index is 13.6. The molecule has 0 bridgehead atoms. The van der Waals surface area contributed by atoms with E-state index in [9.17, 15) is 21.8 Å². The lowest BCUT2D eigenvalue weighted by Gasteiger charge is -2.06. The van der Waals surface area contributed by atoms with Crippen LogP contribution in [0.5, 0.6) is 0 Å². The summed E-state index contributed by atoms with van der Waals surface area (Å²) in [7, 11) is 0.0902. The molecule has 0 aliphatic rings. The number of nitrogens with one attached hydrogen (secondary N) is 1. The van der Waals surface area contributed by atoms with E-state index in [1.54, 1.807) is 6.26 Å². The number of carbonyl (C=O) groups is 1. The number of hydrogen-bond donors (Lipinski definition) is 1. The van der Waals surface area contributed by atoms with Crippen LogP contribution >= 0.6 is 10.7 Å². The molecule has 0 heterocycles. The average Bonchev–Trinajstić information content (AvgIpc) is 2.32. The lowest BCUT2D eigenvalue weighted by molar-refractivity contribution is 0.0949. The van der Waals surface area contributed by atoms with Crippen molar-refractivity contribution >= 4 is 36.4 Å². The van der Waals surface area contributed by atoms with Crippen LogP contribution in [0, 0.1) is 5.82 Å². The minimum absolute atomic E-state index is 0.257. The Labute approximate surface area is 123 Å². The molecule has 1 N–H and O–H groups in total. The van der Waals surface area contributed by atoms with Gasteiger partial charge in [-0.3, -0.25) is 9.00 Å². The monoisotopic (exact) mass is 341 g/mol. The highest BCUT2D eigenvalue weighted by Gasteiger charge is 2.16. The van der Waals surface area contributed by atoms with Crippen molar-refractivity contribution in [2.45, 2.75) is 11.3 Å². The van der Waals surface area contributed by atoms with Gasteiger partial charge < -0.3 is 5.32 Å². The van der Waals surface area contributed by atoms with Crippen LogP contribution in [-0.2, 0) is 19.9 Å². The molecule has 0 aliphatic heterocycles. The third-order valence-electron chi connectivity index (χ3n) is 2.36. The van der Waals surface area contributed by atoms with E-state index < -0.39 is 36.5 Å². The number of carbonyl (C=O) groups excluding carboxylic acids is 1. The molecule has 112 valence electrons. The topological polar surface area (TPSA) is 80.3 Å². The van der Waals surface area contributed by atoms with Gasteiger partial charge in [0.25, 0.3) is 15.0 Å². The van der Waals surface area contributed by atoms with Gasteiger partial charge in [0, 0.05) is 40.0 Å². The second-order valence-corrected chi connectivity index (χ2v) is 8.09. The van der Waals surface area contributed by atoms with Crippen molar-refractivity contribution in [2.24, 2.45) is 0 Å². The quantitative estimate of drug-likeness (QED) is 0.624. The Balaban J connectivity index is 2.72. The highest BCUT2D eigenvalue weighted by Crippen LogP contribution is 2.18. The summed E-state index contributed by atoms with van der Waals surface area (Å²) in [6.07, 6.45) is 2.05. The Hall–Kier alpha value is -0.990. The van der Waals surface area contributed by atoms with E-state index in [1.807, 2.05) is 0 Å². The molecule has 1 unspecified atom stereocenters. The first kappa shape index (κ1) is 17.1. The SMILES string of the molecule is CS(=O)CCCNC(=O)c1ccc(S(=O)(=O)Cl)cc1F. The van der Waals surface area contributed by atoms with Crippen LogP contribution in [0.1, 0.15) is 16.8 Å². The lowest BCUT2D eigenvalue weighted by Crippen LogP contribution is -2.26. The average molecular weight is 342 g/mol. The molecule has 0 fully saturated rings. The van der Waals surface area contributed by atoms with Crippen LogP contribution in [0.2, 0.25) is 0 Å². The molecule has 0 aliphatic carbocycles. The largest absolute Gasteiger partial charge is 0.352 e. The Morgan fingerprint density at radius 3 is 2.60 bits per heavy atom. The van der Waals surface area contributed by atoms with Gasteiger partial charge in [-0.25, -0.2) is 12.8 Å². The standard InChI is InChI=1S/C11H13ClFNO4S2/c1-19(16)6-2-5-14-11(15)9-4-3-8(7-10(9)13)20(12,17)18/h3-4,7H,2,5-6H2,1H3,(H,14,15). The molecule has 0 radical (unpaired) electrons. The Bertz CT molecular complexity index is 633. The van der Waals surface area contributed by atoms with Crippen LogP contribution in [0.3, 0.4) is 0 Å². The van der Waals surface area contributed by atoms with Crippen molar-refractivity contribution in [3.8, 4) is 0 Å². The fourth-order valence-corrected chi connectivity index (χ4v) is 2.72. The molecule has 5 nitrogen and oxygen atoms in total. The summed E-state index contributed by atoms with van der Waals surface area (Å²) < 4.78 is 46.5. The molecule has 1 aromatic rings. The molecule has 0 aromatic heterocycles. The summed E-state index contributed by atoms with van der Waals surface area (Å²) in [5.74, 6) is -1.20. The molecule has 1 amide bonds. The molecule has 0 saturated heterocycles. The first-order valence-electron chi connectivity index (χ1n) is 5.54. The zero-order valence-electron chi connectivity index (χ0n) is 10.6. The highest BCUT2D eigenvalue weighted by molar-refractivity contribution is 8.13. The molecular formula is C11H13ClFNO4S2. The maximum Gasteiger partial charge on any atom is 0.261 e. The van der Waals surface area contributed by atoms with Gasteiger partial charge in [-0.1, -0.05) is 0 Å². The molecule has 20 heavy (non-hydrogen) atoms. The second kappa shape index (κ2) is 7.14. The Morgan fingerprint density at radius 2 is 2.10 bits per heavy atom. The van der Waals surface area contributed by atoms with Crippen molar-refractivity contribution in [1.82, 2.24) is 5.32 Å². The van der Waals surface area contributed by atoms with Gasteiger partial charge in [-0.15, -0.1) is 0 Å². The number of hydrogen-bond acceptors (Lipinski definition) is 4. The van der Waals surface area contributed by atoms with Crippen LogP contribution in [-0.4, -0.2) is 37.1 Å². The van der Waals surface area contributed by atoms with Crippen molar-refractivity contribution in [3.63, 3.8) is 0 Å². The molecule has 1 atom stereocenters. The van der Waals surface area contributed by atoms with Gasteiger partial charge in [0.05, 0.1) is 10.5 Å². The summed E-state index contributed by atoms with van der Waals surface area (Å²) in [5.41, 5.74) is -0.272. The number of amides is 1. The predicted molar refractivity (Wildman–Crippen MR) is 75.3 cm³/mol. The van der Waals surface area contributed by atoms with Gasteiger partial charge in [0.2, 0.25) is 0 Å². The third-order valence-corrected chi connectivity index (χ3v) is 4.58. The smallest absolute Gasteiger partial charge is 0.261 e. The van der Waals surface area contributed by atoms with Crippen molar-refractivity contribution in [3.05, 3.63) is 29.6 Å². The molecular weight excluding hydrogens is 329 g/mol. The van der Waals surface area contributed by atoms with Crippen molar-refractivity contribution < 1.29 is 21.8 Å². The molecule has 1 rings (SSSR count). The minimum Gasteiger partial charge on any atom is -0.352 e. The van der Waals surface area contributed by atoms with E-state index in [0.717, 1.165) is 12.1 Å². The first-order chi connectivity index (χ1) is 9.21. The predicted octanol–water partition coefficient (Wildman–Crippen LogP) is 1.25. The van der Waals surface area contributed by atoms with Crippen LogP contribution in [0.15, 0.2) is 23.1 Å². The highest BCUT2D eigenvalue weighted by atomic mass is 35.7. The van der Waals surface area contributed by atoms with Crippen molar-refractivity contribution in [1.29, 1.82) is 0 Å². The third kappa shape index (κ3) is 5.18. The molecule has 0 spiro atoms. The summed E-state index contributed by atoms with van der Waals surface area (Å²) >= 11 is 0. The van der Waals surface area contributed by atoms with E-state index in [2.05, 4.69) is 5.32 Å².